The first kappa shape index (κ1) is 17.2. The third kappa shape index (κ3) is 3.55. The zero-order valence-electron chi connectivity index (χ0n) is 14.5. The van der Waals surface area contributed by atoms with Gasteiger partial charge in [-0.15, -0.1) is 0 Å². The highest BCUT2D eigenvalue weighted by Gasteiger charge is 2.10. The molecule has 2 N–H and O–H groups in total. The number of nitriles is 1. The van der Waals surface area contributed by atoms with Gasteiger partial charge in [0.2, 0.25) is 0 Å². The minimum Gasteiger partial charge on any atom is -0.493 e. The molecule has 5 nitrogen and oxygen atoms in total. The molecule has 5 heteroatoms. The van der Waals surface area contributed by atoms with Gasteiger partial charge in [0.05, 0.1) is 25.9 Å². The monoisotopic (exact) mass is 346 g/mol. The Morgan fingerprint density at radius 1 is 1.04 bits per heavy atom. The number of ether oxygens (including phenoxy) is 2. The van der Waals surface area contributed by atoms with Crippen LogP contribution in [-0.4, -0.2) is 14.2 Å². The van der Waals surface area contributed by atoms with E-state index in [1.807, 2.05) is 36.4 Å². The maximum Gasteiger partial charge on any atom is 0.161 e. The number of nitrogen functional groups attached to an aromatic ring is 1. The van der Waals surface area contributed by atoms with Crippen LogP contribution in [0.15, 0.2) is 59.0 Å². The molecular weight excluding hydrogens is 328 g/mol. The van der Waals surface area contributed by atoms with Crippen molar-refractivity contribution in [3.05, 3.63) is 65.9 Å². The second-order valence-corrected chi connectivity index (χ2v) is 5.57. The molecule has 1 aromatic heterocycles. The molecule has 0 aliphatic heterocycles. The summed E-state index contributed by atoms with van der Waals surface area (Å²) in [7, 11) is 3.13. The van der Waals surface area contributed by atoms with E-state index in [4.69, 9.17) is 19.6 Å². The Hall–Kier alpha value is -3.65. The van der Waals surface area contributed by atoms with Gasteiger partial charge in [-0.25, -0.2) is 0 Å². The number of anilines is 1. The van der Waals surface area contributed by atoms with Crippen molar-refractivity contribution in [1.82, 2.24) is 0 Å². The van der Waals surface area contributed by atoms with Crippen LogP contribution in [-0.2, 0) is 0 Å². The topological polar surface area (TPSA) is 81.4 Å². The van der Waals surface area contributed by atoms with E-state index in [2.05, 4.69) is 6.07 Å². The van der Waals surface area contributed by atoms with E-state index < -0.39 is 0 Å². The molecule has 3 aromatic rings. The molecule has 3 rings (SSSR count). The molecule has 0 bridgehead atoms. The van der Waals surface area contributed by atoms with Crippen LogP contribution in [0.5, 0.6) is 11.5 Å². The highest BCUT2D eigenvalue weighted by molar-refractivity contribution is 5.89. The largest absolute Gasteiger partial charge is 0.493 e. The summed E-state index contributed by atoms with van der Waals surface area (Å²) in [5.41, 5.74) is 8.54. The molecule has 0 atom stereocenters. The molecule has 0 saturated heterocycles. The fourth-order valence-electron chi connectivity index (χ4n) is 2.60. The number of furan rings is 1. The maximum absolute atomic E-state index is 9.54. The van der Waals surface area contributed by atoms with Gasteiger partial charge in [0.1, 0.15) is 11.5 Å². The standard InChI is InChI=1S/C21H18N2O3/c1-24-20-8-6-14(12-21(20)25-2)16(13-22)11-18-7-9-19(26-18)15-4-3-5-17(23)10-15/h3-12H,23H2,1-2H3. The van der Waals surface area contributed by atoms with Gasteiger partial charge in [0.15, 0.2) is 11.5 Å². The number of allylic oxidation sites excluding steroid dienone is 1. The fraction of sp³-hybridized carbons (Fsp3) is 0.0952. The zero-order chi connectivity index (χ0) is 18.5. The predicted octanol–water partition coefficient (Wildman–Crippen LogP) is 4.61. The first-order valence-electron chi connectivity index (χ1n) is 7.94. The van der Waals surface area contributed by atoms with Gasteiger partial charge in [-0.1, -0.05) is 12.1 Å². The fourth-order valence-corrected chi connectivity index (χ4v) is 2.60. The average Bonchev–Trinajstić information content (AvgIpc) is 3.14. The first-order chi connectivity index (χ1) is 12.6. The molecule has 0 saturated carbocycles. The summed E-state index contributed by atoms with van der Waals surface area (Å²) in [6.07, 6.45) is 1.69. The van der Waals surface area contributed by atoms with Crippen LogP contribution in [0.1, 0.15) is 11.3 Å². The number of methoxy groups -OCH3 is 2. The van der Waals surface area contributed by atoms with Gasteiger partial charge in [-0.2, -0.15) is 5.26 Å². The minimum absolute atomic E-state index is 0.458. The van der Waals surface area contributed by atoms with Gasteiger partial charge in [-0.05, 0) is 54.1 Å². The molecule has 0 fully saturated rings. The molecule has 0 radical (unpaired) electrons. The van der Waals surface area contributed by atoms with Crippen molar-refractivity contribution >= 4 is 17.3 Å². The van der Waals surface area contributed by atoms with Crippen LogP contribution < -0.4 is 15.2 Å². The number of nitrogens with two attached hydrogens (primary N) is 1. The SMILES string of the molecule is COc1ccc(C(C#N)=Cc2ccc(-c3cccc(N)c3)o2)cc1OC. The second-order valence-electron chi connectivity index (χ2n) is 5.57. The summed E-state index contributed by atoms with van der Waals surface area (Å²) >= 11 is 0. The van der Waals surface area contributed by atoms with Gasteiger partial charge >= 0.3 is 0 Å². The Kier molecular flexibility index (Phi) is 4.95. The van der Waals surface area contributed by atoms with Gasteiger partial charge in [0, 0.05) is 11.3 Å². The summed E-state index contributed by atoms with van der Waals surface area (Å²) in [5.74, 6) is 2.43. The lowest BCUT2D eigenvalue weighted by Crippen LogP contribution is -1.92. The molecule has 2 aromatic carbocycles. The third-order valence-corrected chi connectivity index (χ3v) is 3.90. The number of hydrogen-bond acceptors (Lipinski definition) is 5. The molecule has 0 unspecified atom stereocenters. The van der Waals surface area contributed by atoms with Crippen LogP contribution in [0.25, 0.3) is 23.0 Å². The summed E-state index contributed by atoms with van der Waals surface area (Å²) < 4.78 is 16.4. The van der Waals surface area contributed by atoms with Gasteiger partial charge < -0.3 is 19.6 Å². The number of benzene rings is 2. The number of hydrogen-bond donors (Lipinski definition) is 1. The van der Waals surface area contributed by atoms with E-state index in [1.54, 1.807) is 38.5 Å². The normalized spacial score (nSPS) is 11.0. The molecule has 0 spiro atoms. The van der Waals surface area contributed by atoms with E-state index in [-0.39, 0.29) is 0 Å². The summed E-state index contributed by atoms with van der Waals surface area (Å²) in [4.78, 5) is 0. The van der Waals surface area contributed by atoms with E-state index >= 15 is 0 Å². The Morgan fingerprint density at radius 3 is 2.54 bits per heavy atom. The summed E-state index contributed by atoms with van der Waals surface area (Å²) in [6, 6.07) is 18.6. The lowest BCUT2D eigenvalue weighted by Gasteiger charge is -2.08. The molecule has 130 valence electrons. The molecule has 1 heterocycles. The summed E-state index contributed by atoms with van der Waals surface area (Å²) in [5, 5.41) is 9.54. The van der Waals surface area contributed by atoms with E-state index in [1.165, 1.54) is 0 Å². The first-order valence-corrected chi connectivity index (χ1v) is 7.94. The Labute approximate surface area is 151 Å². The lowest BCUT2D eigenvalue weighted by atomic mass is 10.1. The van der Waals surface area contributed by atoms with Crippen molar-refractivity contribution in [3.8, 4) is 28.9 Å². The third-order valence-electron chi connectivity index (χ3n) is 3.90. The van der Waals surface area contributed by atoms with Crippen LogP contribution in [0.3, 0.4) is 0 Å². The second kappa shape index (κ2) is 7.49. The number of nitrogens with zero attached hydrogens (tertiary/aromatic N) is 1. The van der Waals surface area contributed by atoms with Crippen LogP contribution in [0, 0.1) is 11.3 Å². The molecule has 26 heavy (non-hydrogen) atoms. The van der Waals surface area contributed by atoms with Crippen LogP contribution >= 0.6 is 0 Å². The van der Waals surface area contributed by atoms with Crippen molar-refractivity contribution in [2.75, 3.05) is 20.0 Å². The maximum atomic E-state index is 9.54. The predicted molar refractivity (Wildman–Crippen MR) is 102 cm³/mol. The van der Waals surface area contributed by atoms with E-state index in [0.717, 1.165) is 5.56 Å². The Morgan fingerprint density at radius 2 is 1.85 bits per heavy atom. The minimum atomic E-state index is 0.458. The average molecular weight is 346 g/mol. The molecule has 0 aliphatic rings. The van der Waals surface area contributed by atoms with Crippen LogP contribution in [0.4, 0.5) is 5.69 Å². The van der Waals surface area contributed by atoms with Crippen molar-refractivity contribution in [1.29, 1.82) is 5.26 Å². The Balaban J connectivity index is 1.94. The number of rotatable bonds is 5. The van der Waals surface area contributed by atoms with Crippen molar-refractivity contribution in [2.24, 2.45) is 0 Å². The van der Waals surface area contributed by atoms with Crippen LogP contribution in [0.2, 0.25) is 0 Å². The van der Waals surface area contributed by atoms with Gasteiger partial charge in [-0.3, -0.25) is 0 Å². The smallest absolute Gasteiger partial charge is 0.161 e. The lowest BCUT2D eigenvalue weighted by molar-refractivity contribution is 0.355. The van der Waals surface area contributed by atoms with Crippen molar-refractivity contribution in [3.63, 3.8) is 0 Å². The summed E-state index contributed by atoms with van der Waals surface area (Å²) in [6.45, 7) is 0. The zero-order valence-corrected chi connectivity index (χ0v) is 14.5. The highest BCUT2D eigenvalue weighted by Crippen LogP contribution is 2.31. The highest BCUT2D eigenvalue weighted by atomic mass is 16.5. The molecule has 0 amide bonds. The molecular formula is C21H18N2O3. The van der Waals surface area contributed by atoms with E-state index in [0.29, 0.717) is 39.8 Å². The Bertz CT molecular complexity index is 996. The molecule has 0 aliphatic carbocycles. The quantitative estimate of drug-likeness (QED) is 0.539. The van der Waals surface area contributed by atoms with E-state index in [9.17, 15) is 5.26 Å². The van der Waals surface area contributed by atoms with Crippen molar-refractivity contribution in [2.45, 2.75) is 0 Å². The van der Waals surface area contributed by atoms with Gasteiger partial charge in [0.25, 0.3) is 0 Å². The van der Waals surface area contributed by atoms with Crippen molar-refractivity contribution < 1.29 is 13.9 Å².